The van der Waals surface area contributed by atoms with Gasteiger partial charge in [-0.3, -0.25) is 9.78 Å². The Morgan fingerprint density at radius 2 is 2.07 bits per heavy atom. The van der Waals surface area contributed by atoms with Gasteiger partial charge in [-0.2, -0.15) is 0 Å². The van der Waals surface area contributed by atoms with E-state index in [1.165, 1.54) is 12.1 Å². The number of nitrogens with zero attached hydrogens (tertiary/aromatic N) is 1. The lowest BCUT2D eigenvalue weighted by molar-refractivity contribution is -0.115. The first-order valence-corrected chi connectivity index (χ1v) is 9.37. The number of fused-ring (bicyclic) bond motifs is 1. The Balaban J connectivity index is 1.46. The molecule has 4 rings (SSSR count). The summed E-state index contributed by atoms with van der Waals surface area (Å²) in [5.74, 6) is 0.509. The van der Waals surface area contributed by atoms with Gasteiger partial charge in [0.2, 0.25) is 5.91 Å². The number of hydrogen-bond acceptors (Lipinski definition) is 4. The summed E-state index contributed by atoms with van der Waals surface area (Å²) in [7, 11) is 1.56. The molecule has 0 saturated heterocycles. The maximum absolute atomic E-state index is 13.5. The van der Waals surface area contributed by atoms with Crippen LogP contribution in [0.15, 0.2) is 67.1 Å². The molecule has 2 heterocycles. The van der Waals surface area contributed by atoms with Crippen LogP contribution in [0.2, 0.25) is 0 Å². The van der Waals surface area contributed by atoms with Crippen molar-refractivity contribution in [3.8, 4) is 11.5 Å². The highest BCUT2D eigenvalue weighted by Gasteiger charge is 2.12. The van der Waals surface area contributed by atoms with Crippen LogP contribution in [0, 0.1) is 5.82 Å². The molecule has 0 saturated carbocycles. The third-order valence-electron chi connectivity index (χ3n) is 4.64. The smallest absolute Gasteiger partial charge is 0.228 e. The van der Waals surface area contributed by atoms with Crippen molar-refractivity contribution in [2.24, 2.45) is 0 Å². The molecule has 0 spiro atoms. The number of methoxy groups -OCH3 is 1. The number of hydrogen-bond donors (Lipinski definition) is 2. The van der Waals surface area contributed by atoms with Gasteiger partial charge < -0.3 is 19.8 Å². The predicted octanol–water partition coefficient (Wildman–Crippen LogP) is 4.47. The fraction of sp³-hybridized carbons (Fsp3) is 0.130. The highest BCUT2D eigenvalue weighted by atomic mass is 19.1. The van der Waals surface area contributed by atoms with Gasteiger partial charge in [-0.1, -0.05) is 6.07 Å². The lowest BCUT2D eigenvalue weighted by atomic mass is 10.1. The molecule has 6 nitrogen and oxygen atoms in total. The Bertz CT molecular complexity index is 1180. The average molecular weight is 405 g/mol. The first kappa shape index (κ1) is 19.4. The average Bonchev–Trinajstić information content (AvgIpc) is 3.14. The minimum Gasteiger partial charge on any atom is -0.493 e. The number of rotatable bonds is 7. The lowest BCUT2D eigenvalue weighted by Crippen LogP contribution is -2.14. The number of amides is 1. The molecule has 2 N–H and O–H groups in total. The van der Waals surface area contributed by atoms with Crippen LogP contribution in [-0.4, -0.2) is 23.0 Å². The molecule has 7 heteroatoms. The van der Waals surface area contributed by atoms with E-state index >= 15 is 0 Å². The number of nitrogens with one attached hydrogen (secondary N) is 2. The van der Waals surface area contributed by atoms with E-state index in [-0.39, 0.29) is 18.1 Å². The van der Waals surface area contributed by atoms with Gasteiger partial charge >= 0.3 is 0 Å². The van der Waals surface area contributed by atoms with E-state index in [0.717, 1.165) is 16.6 Å². The van der Waals surface area contributed by atoms with Crippen LogP contribution in [0.4, 0.5) is 10.1 Å². The summed E-state index contributed by atoms with van der Waals surface area (Å²) >= 11 is 0. The van der Waals surface area contributed by atoms with Crippen LogP contribution in [0.5, 0.6) is 11.5 Å². The topological polar surface area (TPSA) is 76.2 Å². The molecule has 0 atom stereocenters. The van der Waals surface area contributed by atoms with Crippen LogP contribution in [0.1, 0.15) is 11.1 Å². The van der Waals surface area contributed by atoms with E-state index < -0.39 is 0 Å². The highest BCUT2D eigenvalue weighted by Crippen LogP contribution is 2.31. The number of H-pyrrole nitrogens is 1. The number of benzene rings is 2. The third kappa shape index (κ3) is 4.41. The van der Waals surface area contributed by atoms with Crippen molar-refractivity contribution < 1.29 is 18.7 Å². The fourth-order valence-corrected chi connectivity index (χ4v) is 3.19. The van der Waals surface area contributed by atoms with E-state index in [1.54, 1.807) is 50.0 Å². The first-order chi connectivity index (χ1) is 14.6. The largest absolute Gasteiger partial charge is 0.493 e. The molecule has 0 unspecified atom stereocenters. The number of halogens is 1. The molecule has 2 aromatic heterocycles. The quantitative estimate of drug-likeness (QED) is 0.476. The second kappa shape index (κ2) is 8.65. The van der Waals surface area contributed by atoms with E-state index in [2.05, 4.69) is 15.3 Å². The molecule has 0 aliphatic rings. The Morgan fingerprint density at radius 3 is 2.87 bits per heavy atom. The Kier molecular flexibility index (Phi) is 5.61. The van der Waals surface area contributed by atoms with E-state index in [1.807, 2.05) is 12.1 Å². The molecule has 0 aliphatic heterocycles. The summed E-state index contributed by atoms with van der Waals surface area (Å²) in [4.78, 5) is 19.7. The predicted molar refractivity (Wildman–Crippen MR) is 112 cm³/mol. The zero-order valence-electron chi connectivity index (χ0n) is 16.3. The van der Waals surface area contributed by atoms with Gasteiger partial charge in [-0.05, 0) is 42.0 Å². The van der Waals surface area contributed by atoms with Crippen molar-refractivity contribution in [2.75, 3.05) is 12.4 Å². The molecule has 152 valence electrons. The van der Waals surface area contributed by atoms with Gasteiger partial charge in [-0.25, -0.2) is 4.39 Å². The minimum absolute atomic E-state index is 0.112. The standard InChI is InChI=1S/C23H20FN3O3/c1-29-21-7-5-18(11-22(21)30-14-15-3-2-8-25-12-15)27-23(28)9-16-13-26-20-6-4-17(24)10-19(16)20/h2-8,10-13,26H,9,14H2,1H3,(H,27,28). The molecular formula is C23H20FN3O3. The summed E-state index contributed by atoms with van der Waals surface area (Å²) < 4.78 is 24.7. The van der Waals surface area contributed by atoms with Crippen molar-refractivity contribution in [3.05, 3.63) is 84.1 Å². The van der Waals surface area contributed by atoms with E-state index in [9.17, 15) is 9.18 Å². The Labute approximate surface area is 172 Å². The number of anilines is 1. The van der Waals surface area contributed by atoms with Gasteiger partial charge in [0.25, 0.3) is 0 Å². The van der Waals surface area contributed by atoms with Crippen LogP contribution >= 0.6 is 0 Å². The number of pyridine rings is 1. The van der Waals surface area contributed by atoms with E-state index in [0.29, 0.717) is 29.2 Å². The molecule has 1 amide bonds. The number of aromatic amines is 1. The van der Waals surface area contributed by atoms with Crippen LogP contribution in [0.25, 0.3) is 10.9 Å². The number of carbonyl (C=O) groups is 1. The molecule has 0 bridgehead atoms. The Morgan fingerprint density at radius 1 is 1.17 bits per heavy atom. The molecular weight excluding hydrogens is 385 g/mol. The van der Waals surface area contributed by atoms with Crippen molar-refractivity contribution in [1.29, 1.82) is 0 Å². The summed E-state index contributed by atoms with van der Waals surface area (Å²) in [6.07, 6.45) is 5.26. The van der Waals surface area contributed by atoms with Crippen LogP contribution < -0.4 is 14.8 Å². The number of aromatic nitrogens is 2. The Hall–Kier alpha value is -3.87. The zero-order valence-corrected chi connectivity index (χ0v) is 16.3. The first-order valence-electron chi connectivity index (χ1n) is 9.37. The zero-order chi connectivity index (χ0) is 20.9. The maximum atomic E-state index is 13.5. The third-order valence-corrected chi connectivity index (χ3v) is 4.64. The molecule has 0 radical (unpaired) electrons. The van der Waals surface area contributed by atoms with Gasteiger partial charge in [-0.15, -0.1) is 0 Å². The maximum Gasteiger partial charge on any atom is 0.228 e. The summed E-state index contributed by atoms with van der Waals surface area (Å²) in [6, 6.07) is 13.4. The minimum atomic E-state index is -0.339. The summed E-state index contributed by atoms with van der Waals surface area (Å²) in [5.41, 5.74) is 3.01. The lowest BCUT2D eigenvalue weighted by Gasteiger charge is -2.13. The number of carbonyl (C=O) groups excluding carboxylic acids is 1. The molecule has 2 aromatic carbocycles. The van der Waals surface area contributed by atoms with Crippen molar-refractivity contribution in [2.45, 2.75) is 13.0 Å². The van der Waals surface area contributed by atoms with Crippen molar-refractivity contribution >= 4 is 22.5 Å². The van der Waals surface area contributed by atoms with Crippen molar-refractivity contribution in [1.82, 2.24) is 9.97 Å². The van der Waals surface area contributed by atoms with Crippen molar-refractivity contribution in [3.63, 3.8) is 0 Å². The molecule has 0 aliphatic carbocycles. The molecule has 4 aromatic rings. The van der Waals surface area contributed by atoms with Gasteiger partial charge in [0.1, 0.15) is 12.4 Å². The highest BCUT2D eigenvalue weighted by molar-refractivity contribution is 5.96. The molecule has 0 fully saturated rings. The van der Waals surface area contributed by atoms with Gasteiger partial charge in [0, 0.05) is 46.8 Å². The van der Waals surface area contributed by atoms with Gasteiger partial charge in [0.05, 0.1) is 13.5 Å². The molecule has 30 heavy (non-hydrogen) atoms. The van der Waals surface area contributed by atoms with E-state index in [4.69, 9.17) is 9.47 Å². The summed E-state index contributed by atoms with van der Waals surface area (Å²) in [6.45, 7) is 0.322. The van der Waals surface area contributed by atoms with Crippen LogP contribution in [0.3, 0.4) is 0 Å². The normalized spacial score (nSPS) is 10.7. The fourth-order valence-electron chi connectivity index (χ4n) is 3.19. The monoisotopic (exact) mass is 405 g/mol. The summed E-state index contributed by atoms with van der Waals surface area (Å²) in [5, 5.41) is 3.55. The second-order valence-electron chi connectivity index (χ2n) is 6.74. The number of ether oxygens (including phenoxy) is 2. The van der Waals surface area contributed by atoms with Crippen LogP contribution in [-0.2, 0) is 17.8 Å². The second-order valence-corrected chi connectivity index (χ2v) is 6.74. The van der Waals surface area contributed by atoms with Gasteiger partial charge in [0.15, 0.2) is 11.5 Å². The SMILES string of the molecule is COc1ccc(NC(=O)Cc2c[nH]c3ccc(F)cc23)cc1OCc1cccnc1.